The van der Waals surface area contributed by atoms with Gasteiger partial charge in [0.15, 0.2) is 0 Å². The summed E-state index contributed by atoms with van der Waals surface area (Å²) < 4.78 is 0. The predicted molar refractivity (Wildman–Crippen MR) is 71.4 cm³/mol. The number of nitrogens with one attached hydrogen (secondary N) is 1. The maximum Gasteiger partial charge on any atom is 0.248 e. The maximum absolute atomic E-state index is 11.6. The van der Waals surface area contributed by atoms with Crippen LogP contribution in [0.4, 0.5) is 5.69 Å². The summed E-state index contributed by atoms with van der Waals surface area (Å²) in [5.41, 5.74) is 6.16. The van der Waals surface area contributed by atoms with E-state index in [0.29, 0.717) is 17.7 Å². The third-order valence-electron chi connectivity index (χ3n) is 2.44. The molecule has 0 spiro atoms. The van der Waals surface area contributed by atoms with Gasteiger partial charge in [-0.3, -0.25) is 9.59 Å². The molecule has 3 N–H and O–H groups in total. The topological polar surface area (TPSA) is 75.4 Å². The number of hydrogen-bond donors (Lipinski definition) is 2. The van der Waals surface area contributed by atoms with Crippen LogP contribution in [0.25, 0.3) is 0 Å². The molecule has 5 heteroatoms. The van der Waals surface area contributed by atoms with Gasteiger partial charge in [-0.2, -0.15) is 0 Å². The van der Waals surface area contributed by atoms with Crippen LogP contribution < -0.4 is 11.1 Å². The van der Waals surface area contributed by atoms with Crippen LogP contribution in [0.5, 0.6) is 0 Å². The number of anilines is 1. The van der Waals surface area contributed by atoms with Gasteiger partial charge in [-0.1, -0.05) is 6.07 Å². The lowest BCUT2D eigenvalue weighted by Crippen LogP contribution is -2.17. The Morgan fingerprint density at radius 1 is 1.33 bits per heavy atom. The summed E-state index contributed by atoms with van der Waals surface area (Å²) in [6, 6.07) is 6.61. The first-order chi connectivity index (χ1) is 8.49. The zero-order valence-electron chi connectivity index (χ0n) is 10.8. The van der Waals surface area contributed by atoms with Crippen molar-refractivity contribution in [2.75, 3.05) is 26.0 Å². The molecule has 2 amide bonds. The van der Waals surface area contributed by atoms with Crippen molar-refractivity contribution in [2.45, 2.75) is 12.8 Å². The Balaban J connectivity index is 2.49. The van der Waals surface area contributed by atoms with Gasteiger partial charge < -0.3 is 16.0 Å². The first-order valence-corrected chi connectivity index (χ1v) is 5.83. The van der Waals surface area contributed by atoms with Crippen molar-refractivity contribution in [3.05, 3.63) is 29.8 Å². The average molecular weight is 249 g/mol. The molecule has 0 aliphatic heterocycles. The Bertz CT molecular complexity index is 430. The van der Waals surface area contributed by atoms with Crippen molar-refractivity contribution in [1.29, 1.82) is 0 Å². The molecular weight excluding hydrogens is 230 g/mol. The second kappa shape index (κ2) is 6.76. The van der Waals surface area contributed by atoms with Crippen LogP contribution in [0, 0.1) is 0 Å². The highest BCUT2D eigenvalue weighted by Gasteiger charge is 2.05. The second-order valence-corrected chi connectivity index (χ2v) is 4.40. The Hall–Kier alpha value is -1.88. The molecule has 0 saturated carbocycles. The van der Waals surface area contributed by atoms with Crippen LogP contribution in [-0.4, -0.2) is 37.4 Å². The molecule has 1 rings (SSSR count). The summed E-state index contributed by atoms with van der Waals surface area (Å²) in [4.78, 5) is 24.6. The van der Waals surface area contributed by atoms with Gasteiger partial charge in [-0.25, -0.2) is 0 Å². The van der Waals surface area contributed by atoms with Crippen LogP contribution in [0.15, 0.2) is 24.3 Å². The highest BCUT2D eigenvalue weighted by Crippen LogP contribution is 2.10. The molecule has 18 heavy (non-hydrogen) atoms. The predicted octanol–water partition coefficient (Wildman–Crippen LogP) is 1.07. The standard InChI is InChI=1S/C13H19N3O2/c1-16(2)8-4-7-12(17)15-11-6-3-5-10(9-11)13(14)18/h3,5-6,9H,4,7-8H2,1-2H3,(H2,14,18)(H,15,17). The third kappa shape index (κ3) is 4.97. The molecule has 0 unspecified atom stereocenters. The van der Waals surface area contributed by atoms with E-state index in [4.69, 9.17) is 5.73 Å². The van der Waals surface area contributed by atoms with Crippen LogP contribution in [-0.2, 0) is 4.79 Å². The smallest absolute Gasteiger partial charge is 0.248 e. The van der Waals surface area contributed by atoms with E-state index in [-0.39, 0.29) is 5.91 Å². The van der Waals surface area contributed by atoms with Crippen LogP contribution in [0.2, 0.25) is 0 Å². The minimum absolute atomic E-state index is 0.0570. The molecule has 0 saturated heterocycles. The number of benzene rings is 1. The zero-order chi connectivity index (χ0) is 13.5. The van der Waals surface area contributed by atoms with E-state index < -0.39 is 5.91 Å². The summed E-state index contributed by atoms with van der Waals surface area (Å²) in [6.45, 7) is 0.870. The van der Waals surface area contributed by atoms with E-state index in [0.717, 1.165) is 13.0 Å². The third-order valence-corrected chi connectivity index (χ3v) is 2.44. The van der Waals surface area contributed by atoms with Gasteiger partial charge >= 0.3 is 0 Å². The Morgan fingerprint density at radius 3 is 2.67 bits per heavy atom. The molecule has 0 heterocycles. The van der Waals surface area contributed by atoms with Crippen molar-refractivity contribution in [3.8, 4) is 0 Å². The summed E-state index contributed by atoms with van der Waals surface area (Å²) in [5.74, 6) is -0.558. The Kier molecular flexibility index (Phi) is 5.32. The Labute approximate surface area is 107 Å². The molecule has 0 atom stereocenters. The number of primary amides is 1. The van der Waals surface area contributed by atoms with Crippen molar-refractivity contribution in [1.82, 2.24) is 4.90 Å². The molecule has 5 nitrogen and oxygen atoms in total. The van der Waals surface area contributed by atoms with Gasteiger partial charge in [0.1, 0.15) is 0 Å². The van der Waals surface area contributed by atoms with Crippen molar-refractivity contribution in [3.63, 3.8) is 0 Å². The van der Waals surface area contributed by atoms with E-state index in [1.165, 1.54) is 0 Å². The number of hydrogen-bond acceptors (Lipinski definition) is 3. The molecular formula is C13H19N3O2. The number of nitrogens with zero attached hydrogens (tertiary/aromatic N) is 1. The monoisotopic (exact) mass is 249 g/mol. The fraction of sp³-hybridized carbons (Fsp3) is 0.385. The molecule has 1 aromatic carbocycles. The quantitative estimate of drug-likeness (QED) is 0.791. The van der Waals surface area contributed by atoms with Crippen LogP contribution >= 0.6 is 0 Å². The van der Waals surface area contributed by atoms with Gasteiger partial charge in [0.05, 0.1) is 0 Å². The average Bonchev–Trinajstić information content (AvgIpc) is 2.28. The van der Waals surface area contributed by atoms with Crippen molar-refractivity contribution >= 4 is 17.5 Å². The van der Waals surface area contributed by atoms with Crippen LogP contribution in [0.1, 0.15) is 23.2 Å². The molecule has 0 aliphatic rings. The first kappa shape index (κ1) is 14.2. The minimum Gasteiger partial charge on any atom is -0.366 e. The maximum atomic E-state index is 11.6. The van der Waals surface area contributed by atoms with Crippen molar-refractivity contribution < 1.29 is 9.59 Å². The largest absolute Gasteiger partial charge is 0.366 e. The summed E-state index contributed by atoms with van der Waals surface area (Å²) in [6.07, 6.45) is 1.26. The lowest BCUT2D eigenvalue weighted by Gasteiger charge is -2.09. The molecule has 0 radical (unpaired) electrons. The lowest BCUT2D eigenvalue weighted by molar-refractivity contribution is -0.116. The first-order valence-electron chi connectivity index (χ1n) is 5.83. The summed E-state index contributed by atoms with van der Waals surface area (Å²) >= 11 is 0. The van der Waals surface area contributed by atoms with E-state index in [1.807, 2.05) is 19.0 Å². The van der Waals surface area contributed by atoms with Crippen LogP contribution in [0.3, 0.4) is 0 Å². The normalized spacial score (nSPS) is 10.4. The lowest BCUT2D eigenvalue weighted by atomic mass is 10.2. The van der Waals surface area contributed by atoms with Gasteiger partial charge in [0.25, 0.3) is 0 Å². The van der Waals surface area contributed by atoms with Gasteiger partial charge in [0.2, 0.25) is 11.8 Å². The minimum atomic E-state index is -0.501. The fourth-order valence-electron chi connectivity index (χ4n) is 1.53. The van der Waals surface area contributed by atoms with E-state index in [9.17, 15) is 9.59 Å². The number of carbonyl (C=O) groups excluding carboxylic acids is 2. The van der Waals surface area contributed by atoms with E-state index >= 15 is 0 Å². The number of nitrogens with two attached hydrogens (primary N) is 1. The molecule has 0 aliphatic carbocycles. The number of carbonyl (C=O) groups is 2. The molecule has 98 valence electrons. The zero-order valence-corrected chi connectivity index (χ0v) is 10.8. The number of amides is 2. The van der Waals surface area contributed by atoms with Gasteiger partial charge in [-0.15, -0.1) is 0 Å². The van der Waals surface area contributed by atoms with E-state index in [1.54, 1.807) is 24.3 Å². The highest BCUT2D eigenvalue weighted by atomic mass is 16.2. The highest BCUT2D eigenvalue weighted by molar-refractivity contribution is 5.96. The second-order valence-electron chi connectivity index (χ2n) is 4.40. The molecule has 1 aromatic rings. The van der Waals surface area contributed by atoms with Crippen molar-refractivity contribution in [2.24, 2.45) is 5.73 Å². The van der Waals surface area contributed by atoms with Gasteiger partial charge in [-0.05, 0) is 45.3 Å². The summed E-state index contributed by atoms with van der Waals surface area (Å²) in [7, 11) is 3.93. The molecule has 0 bridgehead atoms. The van der Waals surface area contributed by atoms with Gasteiger partial charge in [0, 0.05) is 17.7 Å². The van der Waals surface area contributed by atoms with E-state index in [2.05, 4.69) is 5.32 Å². The summed E-state index contributed by atoms with van der Waals surface area (Å²) in [5, 5.41) is 2.75. The SMILES string of the molecule is CN(C)CCCC(=O)Nc1cccc(C(N)=O)c1. The number of rotatable bonds is 6. The molecule has 0 aromatic heterocycles. The molecule has 0 fully saturated rings. The Morgan fingerprint density at radius 2 is 2.06 bits per heavy atom. The fourth-order valence-corrected chi connectivity index (χ4v) is 1.53.